The van der Waals surface area contributed by atoms with Gasteiger partial charge in [-0.05, 0) is 67.5 Å². The number of nitrogens with zero attached hydrogens (tertiary/aromatic N) is 1. The number of thiocarbonyl (C=S) groups is 1. The number of hydrogen-bond acceptors (Lipinski definition) is 4. The van der Waals surface area contributed by atoms with Crippen LogP contribution >= 0.6 is 12.2 Å². The molecule has 0 aliphatic heterocycles. The molecule has 0 aliphatic rings. The van der Waals surface area contributed by atoms with Gasteiger partial charge in [0.05, 0.1) is 11.6 Å². The first-order valence-electron chi connectivity index (χ1n) is 8.14. The van der Waals surface area contributed by atoms with Crippen LogP contribution in [-0.2, 0) is 11.2 Å². The Morgan fingerprint density at radius 2 is 1.96 bits per heavy atom. The topological polar surface area (TPSA) is 86.2 Å². The van der Waals surface area contributed by atoms with Crippen LogP contribution in [0.5, 0.6) is 5.75 Å². The van der Waals surface area contributed by atoms with Crippen LogP contribution in [0, 0.1) is 11.3 Å². The summed E-state index contributed by atoms with van der Waals surface area (Å²) in [4.78, 5) is 12.1. The minimum absolute atomic E-state index is 0.275. The van der Waals surface area contributed by atoms with E-state index >= 15 is 0 Å². The Kier molecular flexibility index (Phi) is 6.94. The molecule has 0 saturated carbocycles. The molecule has 2 aromatic rings. The minimum Gasteiger partial charge on any atom is -0.481 e. The van der Waals surface area contributed by atoms with Crippen molar-refractivity contribution >= 4 is 28.9 Å². The van der Waals surface area contributed by atoms with Crippen LogP contribution in [0.2, 0.25) is 0 Å². The van der Waals surface area contributed by atoms with Gasteiger partial charge in [0.15, 0.2) is 11.2 Å². The highest BCUT2D eigenvalue weighted by molar-refractivity contribution is 7.80. The second kappa shape index (κ2) is 9.39. The number of nitriles is 1. The van der Waals surface area contributed by atoms with E-state index in [9.17, 15) is 4.79 Å². The summed E-state index contributed by atoms with van der Waals surface area (Å²) in [5, 5.41) is 12.1. The predicted octanol–water partition coefficient (Wildman–Crippen LogP) is 2.91. The van der Waals surface area contributed by atoms with Crippen molar-refractivity contribution in [3.05, 3.63) is 59.7 Å². The number of ether oxygens (including phenoxy) is 1. The average molecular weight is 368 g/mol. The molecule has 1 amide bonds. The van der Waals surface area contributed by atoms with Gasteiger partial charge in [-0.15, -0.1) is 0 Å². The second-order valence-corrected chi connectivity index (χ2v) is 5.93. The molecule has 0 radical (unpaired) electrons. The van der Waals surface area contributed by atoms with Crippen LogP contribution in [0.4, 0.5) is 5.69 Å². The van der Waals surface area contributed by atoms with Crippen molar-refractivity contribution in [2.24, 2.45) is 0 Å². The van der Waals surface area contributed by atoms with E-state index in [4.69, 9.17) is 22.2 Å². The summed E-state index contributed by atoms with van der Waals surface area (Å²) in [7, 11) is 0. The number of rotatable bonds is 5. The number of hydrogen-bond donors (Lipinski definition) is 3. The maximum absolute atomic E-state index is 12.1. The lowest BCUT2D eigenvalue weighted by molar-refractivity contribution is -0.127. The smallest absolute Gasteiger partial charge is 0.279 e. The van der Waals surface area contributed by atoms with E-state index in [2.05, 4.69) is 23.1 Å². The lowest BCUT2D eigenvalue weighted by Crippen LogP contribution is -2.48. The number of nitrogens with one attached hydrogen (secondary N) is 3. The summed E-state index contributed by atoms with van der Waals surface area (Å²) in [6.45, 7) is 3.70. The molecule has 0 unspecified atom stereocenters. The van der Waals surface area contributed by atoms with Crippen LogP contribution in [0.1, 0.15) is 25.0 Å². The van der Waals surface area contributed by atoms with Gasteiger partial charge in [0.2, 0.25) is 0 Å². The Morgan fingerprint density at radius 3 is 2.62 bits per heavy atom. The fraction of sp³-hybridized carbons (Fsp3) is 0.211. The van der Waals surface area contributed by atoms with Crippen molar-refractivity contribution in [2.45, 2.75) is 26.4 Å². The monoisotopic (exact) mass is 368 g/mol. The van der Waals surface area contributed by atoms with Crippen LogP contribution in [-0.4, -0.2) is 17.1 Å². The Labute approximate surface area is 158 Å². The SMILES string of the molecule is CCc1cccc(NC(=S)NNC(=O)[C@@H](C)Oc2ccc(C#N)cc2)c1. The first-order valence-corrected chi connectivity index (χ1v) is 8.55. The largest absolute Gasteiger partial charge is 0.481 e. The maximum Gasteiger partial charge on any atom is 0.279 e. The number of benzene rings is 2. The van der Waals surface area contributed by atoms with Crippen molar-refractivity contribution in [2.75, 3.05) is 5.32 Å². The van der Waals surface area contributed by atoms with Gasteiger partial charge in [-0.1, -0.05) is 19.1 Å². The quantitative estimate of drug-likeness (QED) is 0.556. The van der Waals surface area contributed by atoms with Crippen molar-refractivity contribution < 1.29 is 9.53 Å². The fourth-order valence-corrected chi connectivity index (χ4v) is 2.29. The molecule has 7 heteroatoms. The summed E-state index contributed by atoms with van der Waals surface area (Å²) in [6, 6.07) is 16.4. The molecular formula is C19H20N4O2S. The van der Waals surface area contributed by atoms with E-state index in [1.54, 1.807) is 31.2 Å². The molecule has 6 nitrogen and oxygen atoms in total. The van der Waals surface area contributed by atoms with Crippen molar-refractivity contribution in [3.8, 4) is 11.8 Å². The first kappa shape index (κ1) is 19.2. The van der Waals surface area contributed by atoms with E-state index in [0.29, 0.717) is 11.3 Å². The van der Waals surface area contributed by atoms with Crippen LogP contribution in [0.15, 0.2) is 48.5 Å². The van der Waals surface area contributed by atoms with Gasteiger partial charge in [-0.3, -0.25) is 15.6 Å². The molecule has 26 heavy (non-hydrogen) atoms. The standard InChI is InChI=1S/C19H20N4O2S/c1-3-14-5-4-6-16(11-14)21-19(26)23-22-18(24)13(2)25-17-9-7-15(12-20)8-10-17/h4-11,13H,3H2,1-2H3,(H,22,24)(H2,21,23,26)/t13-/m1/s1. The van der Waals surface area contributed by atoms with E-state index in [1.807, 2.05) is 30.3 Å². The molecule has 2 aromatic carbocycles. The van der Waals surface area contributed by atoms with Crippen molar-refractivity contribution in [3.63, 3.8) is 0 Å². The highest BCUT2D eigenvalue weighted by atomic mass is 32.1. The van der Waals surface area contributed by atoms with Crippen LogP contribution in [0.25, 0.3) is 0 Å². The third-order valence-corrected chi connectivity index (χ3v) is 3.76. The molecule has 134 valence electrons. The molecule has 0 heterocycles. The predicted molar refractivity (Wildman–Crippen MR) is 105 cm³/mol. The Hall–Kier alpha value is -3.11. The lowest BCUT2D eigenvalue weighted by atomic mass is 10.1. The molecule has 0 aromatic heterocycles. The Morgan fingerprint density at radius 1 is 1.23 bits per heavy atom. The minimum atomic E-state index is -0.735. The van der Waals surface area contributed by atoms with Crippen molar-refractivity contribution in [1.82, 2.24) is 10.9 Å². The molecule has 0 bridgehead atoms. The van der Waals surface area contributed by atoms with Gasteiger partial charge in [-0.25, -0.2) is 0 Å². The molecule has 0 saturated heterocycles. The number of amides is 1. The molecule has 2 rings (SSSR count). The van der Waals surface area contributed by atoms with Gasteiger partial charge in [0.1, 0.15) is 5.75 Å². The molecule has 0 aliphatic carbocycles. The maximum atomic E-state index is 12.1. The number of hydrazine groups is 1. The number of aryl methyl sites for hydroxylation is 1. The first-order chi connectivity index (χ1) is 12.5. The molecule has 1 atom stereocenters. The summed E-state index contributed by atoms with van der Waals surface area (Å²) in [5.74, 6) is 0.129. The van der Waals surface area contributed by atoms with Gasteiger partial charge in [-0.2, -0.15) is 5.26 Å². The zero-order valence-electron chi connectivity index (χ0n) is 14.6. The fourth-order valence-electron chi connectivity index (χ4n) is 2.12. The Bertz CT molecular complexity index is 815. The summed E-state index contributed by atoms with van der Waals surface area (Å²) < 4.78 is 5.53. The normalized spacial score (nSPS) is 11.0. The molecule has 0 spiro atoms. The number of anilines is 1. The van der Waals surface area contributed by atoms with Gasteiger partial charge in [0.25, 0.3) is 5.91 Å². The van der Waals surface area contributed by atoms with Crippen LogP contribution in [0.3, 0.4) is 0 Å². The number of carbonyl (C=O) groups excluding carboxylic acids is 1. The third kappa shape index (κ3) is 5.76. The molecule has 0 fully saturated rings. The summed E-state index contributed by atoms with van der Waals surface area (Å²) in [6.07, 6.45) is 0.193. The van der Waals surface area contributed by atoms with Gasteiger partial charge in [0, 0.05) is 5.69 Å². The second-order valence-electron chi connectivity index (χ2n) is 5.52. The van der Waals surface area contributed by atoms with Crippen LogP contribution < -0.4 is 20.9 Å². The van der Waals surface area contributed by atoms with E-state index in [-0.39, 0.29) is 11.0 Å². The lowest BCUT2D eigenvalue weighted by Gasteiger charge is -2.16. The molecular weight excluding hydrogens is 348 g/mol. The van der Waals surface area contributed by atoms with Crippen molar-refractivity contribution in [1.29, 1.82) is 5.26 Å². The van der Waals surface area contributed by atoms with E-state index in [1.165, 1.54) is 5.56 Å². The average Bonchev–Trinajstić information content (AvgIpc) is 2.66. The third-order valence-electron chi connectivity index (χ3n) is 3.56. The number of carbonyl (C=O) groups is 1. The highest BCUT2D eigenvalue weighted by Gasteiger charge is 2.14. The van der Waals surface area contributed by atoms with E-state index in [0.717, 1.165) is 12.1 Å². The van der Waals surface area contributed by atoms with E-state index < -0.39 is 6.10 Å². The van der Waals surface area contributed by atoms with Gasteiger partial charge >= 0.3 is 0 Å². The van der Waals surface area contributed by atoms with Gasteiger partial charge < -0.3 is 10.1 Å². The highest BCUT2D eigenvalue weighted by Crippen LogP contribution is 2.13. The Balaban J connectivity index is 1.80. The zero-order chi connectivity index (χ0) is 18.9. The molecule has 3 N–H and O–H groups in total. The summed E-state index contributed by atoms with van der Waals surface area (Å²) in [5.41, 5.74) is 7.71. The zero-order valence-corrected chi connectivity index (χ0v) is 15.4. The summed E-state index contributed by atoms with van der Waals surface area (Å²) >= 11 is 5.17.